The lowest BCUT2D eigenvalue weighted by molar-refractivity contribution is -0.895. The van der Waals surface area contributed by atoms with Gasteiger partial charge in [0.2, 0.25) is 10.0 Å². The number of para-hydroxylation sites is 2. The molecule has 9 nitrogen and oxygen atoms in total. The third-order valence-electron chi connectivity index (χ3n) is 5.71. The third-order valence-corrected chi connectivity index (χ3v) is 7.66. The number of carbonyl (C=O) groups excluding carboxylic acids is 1. The summed E-state index contributed by atoms with van der Waals surface area (Å²) in [4.78, 5) is 23.9. The van der Waals surface area contributed by atoms with Crippen molar-refractivity contribution in [3.05, 3.63) is 63.7 Å². The number of nitro benzene ring substituents is 1. The lowest BCUT2D eigenvalue weighted by Gasteiger charge is -2.31. The summed E-state index contributed by atoms with van der Waals surface area (Å²) < 4.78 is 27.2. The maximum absolute atomic E-state index is 13.0. The fourth-order valence-electron chi connectivity index (χ4n) is 3.94. The molecule has 0 atom stereocenters. The van der Waals surface area contributed by atoms with Gasteiger partial charge in [0, 0.05) is 11.8 Å². The zero-order valence-corrected chi connectivity index (χ0v) is 19.3. The minimum Gasteiger partial charge on any atom is -0.325 e. The van der Waals surface area contributed by atoms with Crippen LogP contribution in [0.1, 0.15) is 30.9 Å². The van der Waals surface area contributed by atoms with Crippen LogP contribution in [0.5, 0.6) is 0 Å². The molecule has 1 fully saturated rings. The van der Waals surface area contributed by atoms with E-state index in [1.54, 1.807) is 0 Å². The lowest BCUT2D eigenvalue weighted by atomic mass is 9.98. The average molecular weight is 462 g/mol. The smallest absolute Gasteiger partial charge is 0.289 e. The molecule has 2 N–H and O–H groups in total. The van der Waals surface area contributed by atoms with E-state index in [9.17, 15) is 23.3 Å². The van der Waals surface area contributed by atoms with Gasteiger partial charge in [-0.25, -0.2) is 8.42 Å². The molecule has 32 heavy (non-hydrogen) atoms. The van der Waals surface area contributed by atoms with Crippen LogP contribution in [0.4, 0.5) is 11.4 Å². The molecular weight excluding hydrogens is 432 g/mol. The molecule has 1 amide bonds. The summed E-state index contributed by atoms with van der Waals surface area (Å²) >= 11 is 0. The molecule has 1 saturated heterocycles. The Bertz CT molecular complexity index is 1110. The van der Waals surface area contributed by atoms with Gasteiger partial charge in [0.25, 0.3) is 11.6 Å². The highest BCUT2D eigenvalue weighted by atomic mass is 32.2. The van der Waals surface area contributed by atoms with Gasteiger partial charge in [-0.2, -0.15) is 4.31 Å². The fraction of sp³-hybridized carbons (Fsp3) is 0.409. The van der Waals surface area contributed by atoms with Crippen LogP contribution in [0.2, 0.25) is 0 Å². The van der Waals surface area contributed by atoms with Gasteiger partial charge in [-0.15, -0.1) is 0 Å². The van der Waals surface area contributed by atoms with Crippen molar-refractivity contribution in [3.8, 4) is 0 Å². The number of piperazine rings is 1. The average Bonchev–Trinajstić information content (AvgIpc) is 2.75. The summed E-state index contributed by atoms with van der Waals surface area (Å²) in [5, 5.41) is 14.3. The first kappa shape index (κ1) is 23.8. The minimum absolute atomic E-state index is 0.119. The molecule has 3 rings (SSSR count). The molecule has 2 aromatic carbocycles. The highest BCUT2D eigenvalue weighted by Gasteiger charge is 2.35. The fourth-order valence-corrected chi connectivity index (χ4v) is 5.54. The molecule has 172 valence electrons. The van der Waals surface area contributed by atoms with E-state index in [1.807, 2.05) is 25.1 Å². The van der Waals surface area contributed by atoms with E-state index in [0.717, 1.165) is 21.7 Å². The van der Waals surface area contributed by atoms with Crippen molar-refractivity contribution in [1.29, 1.82) is 0 Å². The number of benzene rings is 2. The van der Waals surface area contributed by atoms with Crippen molar-refractivity contribution < 1.29 is 23.0 Å². The van der Waals surface area contributed by atoms with E-state index in [0.29, 0.717) is 13.1 Å². The number of sulfonamides is 1. The van der Waals surface area contributed by atoms with Crippen molar-refractivity contribution in [2.45, 2.75) is 31.6 Å². The van der Waals surface area contributed by atoms with Crippen LogP contribution in [0.15, 0.2) is 47.4 Å². The molecule has 0 spiro atoms. The Labute approximate surface area is 188 Å². The molecule has 0 saturated carbocycles. The number of nitrogens with zero attached hydrogens (tertiary/aromatic N) is 2. The third kappa shape index (κ3) is 5.14. The number of carbonyl (C=O) groups is 1. The van der Waals surface area contributed by atoms with Gasteiger partial charge in [0.1, 0.15) is 0 Å². The second-order valence-corrected chi connectivity index (χ2v) is 10.2. The summed E-state index contributed by atoms with van der Waals surface area (Å²) in [6.45, 7) is 7.61. The van der Waals surface area contributed by atoms with Crippen LogP contribution in [0, 0.1) is 17.0 Å². The van der Waals surface area contributed by atoms with E-state index in [1.165, 1.54) is 28.6 Å². The maximum Gasteiger partial charge on any atom is 0.289 e. The summed E-state index contributed by atoms with van der Waals surface area (Å²) in [6.07, 6.45) is 0. The monoisotopic (exact) mass is 461 g/mol. The number of nitrogens with one attached hydrogen (secondary N) is 2. The molecule has 1 aliphatic rings. The number of hydrogen-bond acceptors (Lipinski definition) is 5. The highest BCUT2D eigenvalue weighted by Crippen LogP contribution is 2.27. The molecule has 0 bridgehead atoms. The van der Waals surface area contributed by atoms with Crippen LogP contribution in [-0.4, -0.2) is 56.3 Å². The Morgan fingerprint density at radius 3 is 2.44 bits per heavy atom. The summed E-state index contributed by atoms with van der Waals surface area (Å²) in [5.74, 6) is 0.152. The quantitative estimate of drug-likeness (QED) is 0.480. The van der Waals surface area contributed by atoms with E-state index in [2.05, 4.69) is 19.2 Å². The van der Waals surface area contributed by atoms with Crippen LogP contribution >= 0.6 is 0 Å². The number of quaternary nitrogens is 1. The van der Waals surface area contributed by atoms with Crippen molar-refractivity contribution in [2.24, 2.45) is 0 Å². The molecule has 0 aliphatic carbocycles. The molecule has 2 aromatic rings. The normalized spacial score (nSPS) is 15.6. The lowest BCUT2D eigenvalue weighted by Crippen LogP contribution is -3.15. The summed E-state index contributed by atoms with van der Waals surface area (Å²) in [5.41, 5.74) is 2.49. The first-order chi connectivity index (χ1) is 15.1. The highest BCUT2D eigenvalue weighted by molar-refractivity contribution is 7.89. The molecule has 0 radical (unpaired) electrons. The summed E-state index contributed by atoms with van der Waals surface area (Å²) in [6, 6.07) is 11.3. The Kier molecular flexibility index (Phi) is 7.27. The van der Waals surface area contributed by atoms with Gasteiger partial charge >= 0.3 is 0 Å². The Morgan fingerprint density at radius 1 is 1.16 bits per heavy atom. The SMILES string of the molecule is Cc1cccc(C(C)C)c1NC(=O)C[NH+]1CCN(S(=O)(=O)c2ccccc2[N+](=O)[O-])CC1. The van der Waals surface area contributed by atoms with Crippen molar-refractivity contribution in [3.63, 3.8) is 0 Å². The zero-order valence-electron chi connectivity index (χ0n) is 18.5. The van der Waals surface area contributed by atoms with E-state index >= 15 is 0 Å². The molecule has 1 aliphatic heterocycles. The van der Waals surface area contributed by atoms with E-state index in [-0.39, 0.29) is 36.4 Å². The molecular formula is C22H29N4O5S+. The van der Waals surface area contributed by atoms with Crippen LogP contribution in [-0.2, 0) is 14.8 Å². The molecule has 1 heterocycles. The second-order valence-electron chi connectivity index (χ2n) is 8.30. The van der Waals surface area contributed by atoms with Crippen LogP contribution in [0.3, 0.4) is 0 Å². The van der Waals surface area contributed by atoms with Gasteiger partial charge in [-0.3, -0.25) is 14.9 Å². The molecule has 0 aromatic heterocycles. The molecule has 10 heteroatoms. The molecule has 0 unspecified atom stereocenters. The zero-order chi connectivity index (χ0) is 23.5. The van der Waals surface area contributed by atoms with E-state index in [4.69, 9.17) is 0 Å². The summed E-state index contributed by atoms with van der Waals surface area (Å²) in [7, 11) is -3.98. The standard InChI is InChI=1S/C22H28N4O5S/c1-16(2)18-8-6-7-17(3)22(18)23-21(27)15-24-11-13-25(14-12-24)32(30,31)20-10-5-4-9-19(20)26(28)29/h4-10,16H,11-15H2,1-3H3,(H,23,27)/p+1. The first-order valence-corrected chi connectivity index (χ1v) is 12.0. The Morgan fingerprint density at radius 2 is 1.81 bits per heavy atom. The van der Waals surface area contributed by atoms with Gasteiger partial charge in [-0.1, -0.05) is 44.2 Å². The van der Waals surface area contributed by atoms with Gasteiger partial charge in [0.05, 0.1) is 31.1 Å². The topological polar surface area (TPSA) is 114 Å². The van der Waals surface area contributed by atoms with Crippen molar-refractivity contribution in [2.75, 3.05) is 38.0 Å². The van der Waals surface area contributed by atoms with Gasteiger partial charge < -0.3 is 10.2 Å². The largest absolute Gasteiger partial charge is 0.325 e. The van der Waals surface area contributed by atoms with Crippen molar-refractivity contribution >= 4 is 27.3 Å². The predicted octanol–water partition coefficient (Wildman–Crippen LogP) is 1.55. The number of anilines is 1. The number of nitro groups is 1. The van der Waals surface area contributed by atoms with E-state index < -0.39 is 20.6 Å². The number of rotatable bonds is 7. The maximum atomic E-state index is 13.0. The Balaban J connectivity index is 1.64. The van der Waals surface area contributed by atoms with Gasteiger partial charge in [0.15, 0.2) is 11.4 Å². The number of hydrogen-bond donors (Lipinski definition) is 2. The van der Waals surface area contributed by atoms with Crippen molar-refractivity contribution in [1.82, 2.24) is 4.31 Å². The van der Waals surface area contributed by atoms with Crippen LogP contribution < -0.4 is 10.2 Å². The number of aryl methyl sites for hydroxylation is 1. The predicted molar refractivity (Wildman–Crippen MR) is 121 cm³/mol. The number of amides is 1. The van der Waals surface area contributed by atoms with Crippen LogP contribution in [0.25, 0.3) is 0 Å². The second kappa shape index (κ2) is 9.76. The Hall–Kier alpha value is -2.82. The van der Waals surface area contributed by atoms with Gasteiger partial charge in [-0.05, 0) is 30.0 Å². The first-order valence-electron chi connectivity index (χ1n) is 10.6. The minimum atomic E-state index is -3.98.